The molecule has 0 bridgehead atoms. The Kier molecular flexibility index (Phi) is 5.89. The second-order valence-electron chi connectivity index (χ2n) is 2.68. The van der Waals surface area contributed by atoms with E-state index in [1.54, 1.807) is 0 Å². The Morgan fingerprint density at radius 1 is 1.40 bits per heavy atom. The average Bonchev–Trinajstić information content (AvgIpc) is 2.02. The van der Waals surface area contributed by atoms with Gasteiger partial charge in [0.1, 0.15) is 0 Å². The molecule has 0 N–H and O–H groups in total. The van der Waals surface area contributed by atoms with Crippen molar-refractivity contribution in [1.82, 2.24) is 0 Å². The quantitative estimate of drug-likeness (QED) is 0.329. The van der Waals surface area contributed by atoms with Crippen molar-refractivity contribution >= 4 is 38.1 Å². The first-order valence-electron chi connectivity index (χ1n) is 3.61. The van der Waals surface area contributed by atoms with Crippen molar-refractivity contribution < 1.29 is 42.8 Å². The van der Waals surface area contributed by atoms with Gasteiger partial charge in [0.2, 0.25) is 0 Å². The zero-order valence-corrected chi connectivity index (χ0v) is 12.7. The minimum Gasteiger partial charge on any atom is -0.295 e. The molecule has 15 heavy (non-hydrogen) atoms. The van der Waals surface area contributed by atoms with E-state index in [4.69, 9.17) is 10.7 Å². The molecule has 0 fully saturated rings. The molecular formula is C8H7ClNaO3S2+. The van der Waals surface area contributed by atoms with Crippen molar-refractivity contribution in [1.29, 1.82) is 0 Å². The molecule has 1 aromatic rings. The Hall–Kier alpha value is 0.480. The van der Waals surface area contributed by atoms with E-state index >= 15 is 0 Å². The molecule has 0 amide bonds. The first-order valence-corrected chi connectivity index (χ1v) is 6.36. The van der Waals surface area contributed by atoms with Gasteiger partial charge >= 0.3 is 29.6 Å². The van der Waals surface area contributed by atoms with Crippen LogP contribution in [0.25, 0.3) is 0 Å². The Morgan fingerprint density at radius 2 is 1.93 bits per heavy atom. The van der Waals surface area contributed by atoms with Crippen LogP contribution in [0.15, 0.2) is 28.0 Å². The van der Waals surface area contributed by atoms with Crippen molar-refractivity contribution in [2.45, 2.75) is 16.7 Å². The summed E-state index contributed by atoms with van der Waals surface area (Å²) in [5, 5.41) is 0. The maximum absolute atomic E-state index is 11.0. The van der Waals surface area contributed by atoms with Gasteiger partial charge in [0, 0.05) is 21.1 Å². The molecule has 0 aliphatic carbocycles. The number of benzene rings is 1. The number of carbonyl (C=O) groups is 1. The normalized spacial score (nSPS) is 10.6. The van der Waals surface area contributed by atoms with Gasteiger partial charge in [-0.05, 0) is 19.1 Å². The summed E-state index contributed by atoms with van der Waals surface area (Å²) in [6.45, 7) is 1.35. The van der Waals surface area contributed by atoms with Gasteiger partial charge in [0.05, 0.1) is 4.90 Å². The molecule has 1 aromatic carbocycles. The first-order chi connectivity index (χ1) is 6.32. The summed E-state index contributed by atoms with van der Waals surface area (Å²) in [5.41, 5.74) is 0.294. The van der Waals surface area contributed by atoms with Gasteiger partial charge in [-0.1, -0.05) is 6.07 Å². The predicted octanol–water partition coefficient (Wildman–Crippen LogP) is -0.891. The summed E-state index contributed by atoms with van der Waals surface area (Å²) < 4.78 is 22.1. The van der Waals surface area contributed by atoms with E-state index in [1.165, 1.54) is 25.1 Å². The SMILES string of the molecule is CC(=O)c1ccc(S)c(S(=O)(=O)Cl)c1.[Na+]. The fourth-order valence-corrected chi connectivity index (χ4v) is 2.56. The fraction of sp³-hybridized carbons (Fsp3) is 0.125. The van der Waals surface area contributed by atoms with E-state index in [9.17, 15) is 13.2 Å². The molecular weight excluding hydrogens is 267 g/mol. The third kappa shape index (κ3) is 4.09. The van der Waals surface area contributed by atoms with Gasteiger partial charge in [0.25, 0.3) is 9.05 Å². The second kappa shape index (κ2) is 5.70. The van der Waals surface area contributed by atoms with Crippen molar-refractivity contribution in [3.05, 3.63) is 23.8 Å². The molecule has 0 unspecified atom stereocenters. The first kappa shape index (κ1) is 15.5. The third-order valence-corrected chi connectivity index (χ3v) is 3.53. The van der Waals surface area contributed by atoms with Crippen molar-refractivity contribution in [3.8, 4) is 0 Å². The topological polar surface area (TPSA) is 51.2 Å². The number of rotatable bonds is 2. The summed E-state index contributed by atoms with van der Waals surface area (Å²) in [6, 6.07) is 4.14. The monoisotopic (exact) mass is 273 g/mol. The molecule has 0 aliphatic rings. The molecule has 1 rings (SSSR count). The van der Waals surface area contributed by atoms with Gasteiger partial charge in [0.15, 0.2) is 5.78 Å². The molecule has 0 aromatic heterocycles. The van der Waals surface area contributed by atoms with Gasteiger partial charge in [-0.25, -0.2) is 8.42 Å². The van der Waals surface area contributed by atoms with Crippen molar-refractivity contribution in [2.75, 3.05) is 0 Å². The number of carbonyl (C=O) groups excluding carboxylic acids is 1. The van der Waals surface area contributed by atoms with Crippen LogP contribution in [-0.2, 0) is 9.05 Å². The number of Topliss-reactive ketones (excluding diaryl/α,β-unsaturated/α-hetero) is 1. The van der Waals surface area contributed by atoms with Crippen LogP contribution < -0.4 is 29.6 Å². The van der Waals surface area contributed by atoms with E-state index in [1.807, 2.05) is 0 Å². The maximum atomic E-state index is 11.0. The Balaban J connectivity index is 0.00000196. The van der Waals surface area contributed by atoms with Crippen LogP contribution in [0.2, 0.25) is 0 Å². The van der Waals surface area contributed by atoms with Crippen LogP contribution in [0.3, 0.4) is 0 Å². The minimum atomic E-state index is -3.85. The van der Waals surface area contributed by atoms with E-state index < -0.39 is 9.05 Å². The summed E-state index contributed by atoms with van der Waals surface area (Å²) in [6.07, 6.45) is 0. The standard InChI is InChI=1S/C8H7ClO3S2.Na/c1-5(10)6-2-3-7(13)8(4-6)14(9,11)12;/h2-4,13H,1H3;/q;+1. The minimum absolute atomic E-state index is 0. The predicted molar refractivity (Wildman–Crippen MR) is 56.7 cm³/mol. The second-order valence-corrected chi connectivity index (χ2v) is 5.69. The molecule has 0 saturated heterocycles. The van der Waals surface area contributed by atoms with Gasteiger partial charge in [-0.2, -0.15) is 0 Å². The van der Waals surface area contributed by atoms with Crippen molar-refractivity contribution in [3.63, 3.8) is 0 Å². The molecule has 0 saturated carbocycles. The van der Waals surface area contributed by atoms with Crippen LogP contribution in [-0.4, -0.2) is 14.2 Å². The van der Waals surface area contributed by atoms with E-state index in [0.717, 1.165) is 0 Å². The van der Waals surface area contributed by atoms with Crippen LogP contribution in [0.4, 0.5) is 0 Å². The van der Waals surface area contributed by atoms with Crippen LogP contribution >= 0.6 is 23.3 Å². The maximum Gasteiger partial charge on any atom is 1.00 e. The number of halogens is 1. The molecule has 76 valence electrons. The number of hydrogen-bond acceptors (Lipinski definition) is 4. The van der Waals surface area contributed by atoms with Crippen LogP contribution in [0.1, 0.15) is 17.3 Å². The molecule has 3 nitrogen and oxygen atoms in total. The smallest absolute Gasteiger partial charge is 0.295 e. The summed E-state index contributed by atoms with van der Waals surface area (Å²) in [4.78, 5) is 11.1. The number of ketones is 1. The molecule has 0 heterocycles. The van der Waals surface area contributed by atoms with E-state index in [-0.39, 0.29) is 45.1 Å². The van der Waals surface area contributed by atoms with E-state index in [0.29, 0.717) is 5.56 Å². The zero-order chi connectivity index (χ0) is 10.9. The molecule has 7 heteroatoms. The molecule has 0 spiro atoms. The zero-order valence-electron chi connectivity index (χ0n) is 8.19. The van der Waals surface area contributed by atoms with Gasteiger partial charge < -0.3 is 0 Å². The van der Waals surface area contributed by atoms with E-state index in [2.05, 4.69) is 12.6 Å². The molecule has 0 aliphatic heterocycles. The average molecular weight is 274 g/mol. The molecule has 0 atom stereocenters. The Morgan fingerprint density at radius 3 is 2.33 bits per heavy atom. The Labute approximate surface area is 120 Å². The van der Waals surface area contributed by atoms with Crippen LogP contribution in [0, 0.1) is 0 Å². The summed E-state index contributed by atoms with van der Waals surface area (Å²) in [5.74, 6) is -0.222. The third-order valence-electron chi connectivity index (χ3n) is 1.63. The Bertz CT molecular complexity index is 485. The van der Waals surface area contributed by atoms with Gasteiger partial charge in [-0.15, -0.1) is 12.6 Å². The van der Waals surface area contributed by atoms with Gasteiger partial charge in [-0.3, -0.25) is 4.79 Å². The fourth-order valence-electron chi connectivity index (χ4n) is 0.928. The largest absolute Gasteiger partial charge is 1.00 e. The summed E-state index contributed by atoms with van der Waals surface area (Å²) >= 11 is 3.93. The number of thiol groups is 1. The number of hydrogen-bond donors (Lipinski definition) is 1. The summed E-state index contributed by atoms with van der Waals surface area (Å²) in [7, 11) is 1.31. The van der Waals surface area contributed by atoms with Crippen LogP contribution in [0.5, 0.6) is 0 Å². The molecule has 0 radical (unpaired) electrons. The van der Waals surface area contributed by atoms with Crippen molar-refractivity contribution in [2.24, 2.45) is 0 Å².